The first-order valence-electron chi connectivity index (χ1n) is 8.77. The van der Waals surface area contributed by atoms with Crippen LogP contribution in [0.2, 0.25) is 0 Å². The highest BCUT2D eigenvalue weighted by Crippen LogP contribution is 2.29. The number of nitrogens with zero attached hydrogens (tertiary/aromatic N) is 1. The molecule has 2 aromatic rings. The molecule has 0 aliphatic carbocycles. The maximum atomic E-state index is 12.9. The Morgan fingerprint density at radius 1 is 1.00 bits per heavy atom. The van der Waals surface area contributed by atoms with Crippen molar-refractivity contribution in [1.82, 2.24) is 4.90 Å². The Kier molecular flexibility index (Phi) is 5.70. The van der Waals surface area contributed by atoms with Crippen LogP contribution in [0.15, 0.2) is 53.4 Å². The number of hydrogen-bond acceptors (Lipinski definition) is 5. The molecule has 1 amide bonds. The van der Waals surface area contributed by atoms with Crippen LogP contribution in [0.3, 0.4) is 0 Å². The van der Waals surface area contributed by atoms with E-state index in [1.807, 2.05) is 0 Å². The monoisotopic (exact) mass is 389 g/mol. The maximum absolute atomic E-state index is 12.9. The van der Waals surface area contributed by atoms with E-state index in [1.165, 1.54) is 7.11 Å². The second kappa shape index (κ2) is 8.00. The molecule has 6 nitrogen and oxygen atoms in total. The van der Waals surface area contributed by atoms with E-state index in [9.17, 15) is 13.2 Å². The standard InChI is InChI=1S/C20H23NO5S/c1-25-15-8-9-18(19(14-15)26-2)20(22)21-12-10-17(11-13-21)27(23,24)16-6-4-3-5-7-16/h3-9,14,17H,10-13H2,1-2H3. The lowest BCUT2D eigenvalue weighted by Crippen LogP contribution is -2.42. The molecule has 0 atom stereocenters. The fraction of sp³-hybridized carbons (Fsp3) is 0.350. The molecule has 0 saturated carbocycles. The third-order valence-electron chi connectivity index (χ3n) is 4.88. The van der Waals surface area contributed by atoms with E-state index in [4.69, 9.17) is 9.47 Å². The van der Waals surface area contributed by atoms with Gasteiger partial charge in [-0.1, -0.05) is 18.2 Å². The number of amides is 1. The topological polar surface area (TPSA) is 72.9 Å². The quantitative estimate of drug-likeness (QED) is 0.786. The summed E-state index contributed by atoms with van der Waals surface area (Å²) in [4.78, 5) is 14.9. The Morgan fingerprint density at radius 2 is 1.67 bits per heavy atom. The second-order valence-electron chi connectivity index (χ2n) is 6.42. The summed E-state index contributed by atoms with van der Waals surface area (Å²) in [5, 5.41) is -0.471. The van der Waals surface area contributed by atoms with Gasteiger partial charge in [0.25, 0.3) is 5.91 Å². The summed E-state index contributed by atoms with van der Waals surface area (Å²) < 4.78 is 36.0. The van der Waals surface area contributed by atoms with Gasteiger partial charge < -0.3 is 14.4 Å². The largest absolute Gasteiger partial charge is 0.497 e. The molecule has 0 bridgehead atoms. The number of methoxy groups -OCH3 is 2. The van der Waals surface area contributed by atoms with E-state index < -0.39 is 15.1 Å². The van der Waals surface area contributed by atoms with Crippen LogP contribution in [0, 0.1) is 0 Å². The Hall–Kier alpha value is -2.54. The lowest BCUT2D eigenvalue weighted by Gasteiger charge is -2.32. The van der Waals surface area contributed by atoms with E-state index >= 15 is 0 Å². The summed E-state index contributed by atoms with van der Waals surface area (Å²) in [5.74, 6) is 0.888. The molecule has 0 N–H and O–H groups in total. The molecular weight excluding hydrogens is 366 g/mol. The van der Waals surface area contributed by atoms with Crippen LogP contribution < -0.4 is 9.47 Å². The lowest BCUT2D eigenvalue weighted by molar-refractivity contribution is 0.0722. The number of rotatable bonds is 5. The molecule has 1 aliphatic rings. The molecule has 0 radical (unpaired) electrons. The molecule has 2 aromatic carbocycles. The highest BCUT2D eigenvalue weighted by atomic mass is 32.2. The van der Waals surface area contributed by atoms with Crippen molar-refractivity contribution < 1.29 is 22.7 Å². The maximum Gasteiger partial charge on any atom is 0.257 e. The van der Waals surface area contributed by atoms with Crippen LogP contribution in [0.5, 0.6) is 11.5 Å². The highest BCUT2D eigenvalue weighted by Gasteiger charge is 2.33. The zero-order valence-electron chi connectivity index (χ0n) is 15.4. The first-order valence-corrected chi connectivity index (χ1v) is 10.3. The number of sulfone groups is 1. The molecule has 1 fully saturated rings. The minimum Gasteiger partial charge on any atom is -0.497 e. The Bertz CT molecular complexity index is 903. The van der Waals surface area contributed by atoms with Crippen molar-refractivity contribution in [1.29, 1.82) is 0 Å². The first kappa shape index (κ1) is 19.2. The van der Waals surface area contributed by atoms with Gasteiger partial charge in [0.05, 0.1) is 29.9 Å². The first-order chi connectivity index (χ1) is 13.0. The van der Waals surface area contributed by atoms with Gasteiger partial charge in [0, 0.05) is 19.2 Å². The van der Waals surface area contributed by atoms with E-state index in [-0.39, 0.29) is 5.91 Å². The highest BCUT2D eigenvalue weighted by molar-refractivity contribution is 7.92. The summed E-state index contributed by atoms with van der Waals surface area (Å²) in [7, 11) is -0.323. The van der Waals surface area contributed by atoms with Gasteiger partial charge in [-0.05, 0) is 37.1 Å². The van der Waals surface area contributed by atoms with Crippen molar-refractivity contribution in [2.24, 2.45) is 0 Å². The van der Waals surface area contributed by atoms with Crippen molar-refractivity contribution in [2.45, 2.75) is 23.0 Å². The zero-order chi connectivity index (χ0) is 19.4. The molecule has 0 aromatic heterocycles. The number of benzene rings is 2. The molecule has 27 heavy (non-hydrogen) atoms. The molecule has 0 unspecified atom stereocenters. The summed E-state index contributed by atoms with van der Waals surface area (Å²) >= 11 is 0. The molecule has 1 saturated heterocycles. The molecule has 7 heteroatoms. The molecule has 3 rings (SSSR count). The van der Waals surface area contributed by atoms with Crippen molar-refractivity contribution in [3.05, 3.63) is 54.1 Å². The average Bonchev–Trinajstić information content (AvgIpc) is 2.73. The molecule has 144 valence electrons. The van der Waals surface area contributed by atoms with Crippen LogP contribution in [0.4, 0.5) is 0 Å². The number of piperidine rings is 1. The van der Waals surface area contributed by atoms with E-state index in [0.29, 0.717) is 47.9 Å². The van der Waals surface area contributed by atoms with Gasteiger partial charge >= 0.3 is 0 Å². The Labute approximate surface area is 159 Å². The molecule has 0 spiro atoms. The molecule has 1 heterocycles. The van der Waals surface area contributed by atoms with Crippen LogP contribution in [-0.2, 0) is 9.84 Å². The van der Waals surface area contributed by atoms with Crippen LogP contribution >= 0.6 is 0 Å². The fourth-order valence-corrected chi connectivity index (χ4v) is 5.07. The van der Waals surface area contributed by atoms with Gasteiger partial charge in [-0.15, -0.1) is 0 Å². The van der Waals surface area contributed by atoms with Gasteiger partial charge in [-0.2, -0.15) is 0 Å². The minimum atomic E-state index is -3.38. The third-order valence-corrected chi connectivity index (χ3v) is 7.16. The number of carbonyl (C=O) groups is 1. The zero-order valence-corrected chi connectivity index (χ0v) is 16.2. The summed E-state index contributed by atoms with van der Waals surface area (Å²) in [6.45, 7) is 0.787. The van der Waals surface area contributed by atoms with Gasteiger partial charge in [0.2, 0.25) is 0 Å². The van der Waals surface area contributed by atoms with E-state index in [1.54, 1.807) is 60.5 Å². The second-order valence-corrected chi connectivity index (χ2v) is 8.64. The number of ether oxygens (including phenoxy) is 2. The summed E-state index contributed by atoms with van der Waals surface area (Å²) in [6, 6.07) is 13.5. The molecular formula is C20H23NO5S. The number of likely N-dealkylation sites (tertiary alicyclic amines) is 1. The van der Waals surface area contributed by atoms with Gasteiger partial charge in [0.1, 0.15) is 11.5 Å². The minimum absolute atomic E-state index is 0.162. The smallest absolute Gasteiger partial charge is 0.257 e. The van der Waals surface area contributed by atoms with Crippen molar-refractivity contribution >= 4 is 15.7 Å². The number of hydrogen-bond donors (Lipinski definition) is 0. The van der Waals surface area contributed by atoms with Crippen molar-refractivity contribution in [2.75, 3.05) is 27.3 Å². The van der Waals surface area contributed by atoms with Crippen LogP contribution in [0.25, 0.3) is 0 Å². The molecule has 1 aliphatic heterocycles. The predicted molar refractivity (Wildman–Crippen MR) is 102 cm³/mol. The SMILES string of the molecule is COc1ccc(C(=O)N2CCC(S(=O)(=O)c3ccccc3)CC2)c(OC)c1. The number of carbonyl (C=O) groups excluding carboxylic acids is 1. The van der Waals surface area contributed by atoms with Crippen molar-refractivity contribution in [3.8, 4) is 11.5 Å². The normalized spacial score (nSPS) is 15.4. The average molecular weight is 389 g/mol. The van der Waals surface area contributed by atoms with Crippen LogP contribution in [-0.4, -0.2) is 51.8 Å². The Balaban J connectivity index is 1.72. The Morgan fingerprint density at radius 3 is 2.26 bits per heavy atom. The predicted octanol–water partition coefficient (Wildman–Crippen LogP) is 2.78. The van der Waals surface area contributed by atoms with E-state index in [2.05, 4.69) is 0 Å². The van der Waals surface area contributed by atoms with Gasteiger partial charge in [0.15, 0.2) is 9.84 Å². The van der Waals surface area contributed by atoms with Gasteiger partial charge in [-0.25, -0.2) is 8.42 Å². The van der Waals surface area contributed by atoms with Crippen LogP contribution in [0.1, 0.15) is 23.2 Å². The summed E-state index contributed by atoms with van der Waals surface area (Å²) in [5.41, 5.74) is 0.447. The van der Waals surface area contributed by atoms with E-state index in [0.717, 1.165) is 0 Å². The third kappa shape index (κ3) is 3.93. The van der Waals surface area contributed by atoms with Crippen molar-refractivity contribution in [3.63, 3.8) is 0 Å². The lowest BCUT2D eigenvalue weighted by atomic mass is 10.1. The fourth-order valence-electron chi connectivity index (χ4n) is 3.32. The summed E-state index contributed by atoms with van der Waals surface area (Å²) in [6.07, 6.45) is 0.836. The van der Waals surface area contributed by atoms with Gasteiger partial charge in [-0.3, -0.25) is 4.79 Å².